The van der Waals surface area contributed by atoms with Crippen molar-refractivity contribution in [2.45, 2.75) is 26.4 Å². The Bertz CT molecular complexity index is 849. The topological polar surface area (TPSA) is 74.8 Å². The smallest absolute Gasteiger partial charge is 0.255 e. The van der Waals surface area contributed by atoms with Crippen molar-refractivity contribution in [2.75, 3.05) is 33.3 Å². The highest BCUT2D eigenvalue weighted by molar-refractivity contribution is 5.99. The summed E-state index contributed by atoms with van der Waals surface area (Å²) >= 11 is 0. The van der Waals surface area contributed by atoms with Gasteiger partial charge in [-0.2, -0.15) is 0 Å². The predicted octanol–water partition coefficient (Wildman–Crippen LogP) is 2.19. The van der Waals surface area contributed by atoms with E-state index >= 15 is 0 Å². The number of carbonyl (C=O) groups excluding carboxylic acids is 2. The summed E-state index contributed by atoms with van der Waals surface area (Å²) in [6.07, 6.45) is 3.64. The van der Waals surface area contributed by atoms with Gasteiger partial charge in [0.1, 0.15) is 11.8 Å². The van der Waals surface area contributed by atoms with Crippen molar-refractivity contribution in [2.24, 2.45) is 5.92 Å². The van der Waals surface area contributed by atoms with Crippen molar-refractivity contribution in [3.63, 3.8) is 0 Å². The lowest BCUT2D eigenvalue weighted by Crippen LogP contribution is -2.56. The van der Waals surface area contributed by atoms with E-state index in [-0.39, 0.29) is 17.7 Å². The minimum Gasteiger partial charge on any atom is -0.496 e. The monoisotopic (exact) mass is 410 g/mol. The van der Waals surface area contributed by atoms with Crippen LogP contribution in [0.3, 0.4) is 0 Å². The number of carbonyl (C=O) groups is 2. The van der Waals surface area contributed by atoms with Crippen molar-refractivity contribution in [1.82, 2.24) is 20.1 Å². The quantitative estimate of drug-likeness (QED) is 0.757. The summed E-state index contributed by atoms with van der Waals surface area (Å²) in [5.41, 5.74) is 1.60. The van der Waals surface area contributed by atoms with E-state index in [9.17, 15) is 9.59 Å². The van der Waals surface area contributed by atoms with Gasteiger partial charge in [-0.25, -0.2) is 0 Å². The second-order valence-electron chi connectivity index (χ2n) is 7.86. The zero-order valence-electron chi connectivity index (χ0n) is 17.9. The Morgan fingerprint density at radius 1 is 1.10 bits per heavy atom. The summed E-state index contributed by atoms with van der Waals surface area (Å²) in [5.74, 6) is 0.141. The van der Waals surface area contributed by atoms with Crippen LogP contribution in [-0.2, 0) is 11.3 Å². The number of nitrogens with zero attached hydrogens (tertiary/aromatic N) is 3. The molecule has 3 rings (SSSR count). The zero-order chi connectivity index (χ0) is 21.5. The van der Waals surface area contributed by atoms with Crippen LogP contribution in [0.2, 0.25) is 0 Å². The molecule has 1 aromatic carbocycles. The lowest BCUT2D eigenvalue weighted by molar-refractivity contribution is -0.136. The van der Waals surface area contributed by atoms with E-state index in [2.05, 4.69) is 21.3 Å². The molecule has 1 atom stereocenters. The van der Waals surface area contributed by atoms with Gasteiger partial charge in [0.15, 0.2) is 0 Å². The minimum absolute atomic E-state index is 0.0235. The maximum Gasteiger partial charge on any atom is 0.255 e. The van der Waals surface area contributed by atoms with Crippen LogP contribution in [0, 0.1) is 5.92 Å². The van der Waals surface area contributed by atoms with E-state index in [1.165, 1.54) is 12.7 Å². The number of rotatable bonds is 7. The number of hydrogen-bond acceptors (Lipinski definition) is 5. The first-order chi connectivity index (χ1) is 14.5. The number of methoxy groups -OCH3 is 1. The lowest BCUT2D eigenvalue weighted by atomic mass is 10.0. The Morgan fingerprint density at radius 3 is 2.47 bits per heavy atom. The molecule has 0 saturated carbocycles. The maximum atomic E-state index is 13.2. The summed E-state index contributed by atoms with van der Waals surface area (Å²) in [6.45, 7) is 7.61. The number of hydrogen-bond donors (Lipinski definition) is 1. The summed E-state index contributed by atoms with van der Waals surface area (Å²) in [7, 11) is 1.53. The zero-order valence-corrected chi connectivity index (χ0v) is 17.9. The third-order valence-corrected chi connectivity index (χ3v) is 5.38. The Hall–Kier alpha value is -2.93. The highest BCUT2D eigenvalue weighted by atomic mass is 16.5. The van der Waals surface area contributed by atoms with Gasteiger partial charge in [-0.1, -0.05) is 32.0 Å². The molecule has 1 saturated heterocycles. The van der Waals surface area contributed by atoms with Crippen LogP contribution in [0.5, 0.6) is 5.75 Å². The molecule has 1 N–H and O–H groups in total. The molecule has 1 aliphatic rings. The molecule has 2 aromatic rings. The Morgan fingerprint density at radius 2 is 1.83 bits per heavy atom. The number of benzene rings is 1. The molecule has 1 aliphatic heterocycles. The summed E-state index contributed by atoms with van der Waals surface area (Å²) in [6, 6.07) is 10.5. The number of aromatic nitrogens is 1. The normalized spacial score (nSPS) is 15.7. The molecule has 1 fully saturated rings. The Balaban J connectivity index is 1.60. The number of piperazine rings is 1. The van der Waals surface area contributed by atoms with Crippen LogP contribution < -0.4 is 10.1 Å². The van der Waals surface area contributed by atoms with Crippen molar-refractivity contribution >= 4 is 11.8 Å². The van der Waals surface area contributed by atoms with E-state index in [0.29, 0.717) is 24.4 Å². The second-order valence-corrected chi connectivity index (χ2v) is 7.86. The highest BCUT2D eigenvalue weighted by Gasteiger charge is 2.31. The minimum atomic E-state index is -0.577. The first-order valence-corrected chi connectivity index (χ1v) is 10.3. The number of pyridine rings is 1. The van der Waals surface area contributed by atoms with Gasteiger partial charge in [-0.15, -0.1) is 0 Å². The average molecular weight is 411 g/mol. The molecule has 0 radical (unpaired) electrons. The molecule has 0 bridgehead atoms. The fourth-order valence-electron chi connectivity index (χ4n) is 3.64. The van der Waals surface area contributed by atoms with Crippen LogP contribution in [-0.4, -0.2) is 65.9 Å². The highest BCUT2D eigenvalue weighted by Crippen LogP contribution is 2.18. The predicted molar refractivity (Wildman–Crippen MR) is 115 cm³/mol. The molecule has 1 aromatic heterocycles. The van der Waals surface area contributed by atoms with Crippen LogP contribution in [0.4, 0.5) is 0 Å². The molecule has 2 amide bonds. The van der Waals surface area contributed by atoms with Gasteiger partial charge >= 0.3 is 0 Å². The van der Waals surface area contributed by atoms with Crippen LogP contribution in [0.25, 0.3) is 0 Å². The first-order valence-electron chi connectivity index (χ1n) is 10.3. The van der Waals surface area contributed by atoms with Crippen LogP contribution >= 0.6 is 0 Å². The fraction of sp³-hybridized carbons (Fsp3) is 0.435. The largest absolute Gasteiger partial charge is 0.496 e. The standard InChI is InChI=1S/C23H30N4O3/c1-17(2)21(25-22(28)19-8-4-5-9-20(19)30-3)23(29)27-13-11-26(12-14-27)16-18-7-6-10-24-15-18/h4-10,15,17,21H,11-14,16H2,1-3H3,(H,25,28). The molecular formula is C23H30N4O3. The number of para-hydroxylation sites is 1. The van der Waals surface area contributed by atoms with E-state index in [1.54, 1.807) is 24.4 Å². The van der Waals surface area contributed by atoms with E-state index in [1.807, 2.05) is 37.1 Å². The Labute approximate surface area is 178 Å². The first kappa shape index (κ1) is 21.8. The molecule has 7 nitrogen and oxygen atoms in total. The number of nitrogens with one attached hydrogen (secondary N) is 1. The van der Waals surface area contributed by atoms with Gasteiger partial charge in [0.05, 0.1) is 12.7 Å². The van der Waals surface area contributed by atoms with Gasteiger partial charge in [0.2, 0.25) is 5.91 Å². The lowest BCUT2D eigenvalue weighted by Gasteiger charge is -2.37. The van der Waals surface area contributed by atoms with Gasteiger partial charge in [-0.05, 0) is 29.7 Å². The molecule has 0 spiro atoms. The molecule has 30 heavy (non-hydrogen) atoms. The molecule has 7 heteroatoms. The molecule has 1 unspecified atom stereocenters. The van der Waals surface area contributed by atoms with Crippen LogP contribution in [0.1, 0.15) is 29.8 Å². The van der Waals surface area contributed by atoms with Crippen molar-refractivity contribution < 1.29 is 14.3 Å². The van der Waals surface area contributed by atoms with Crippen molar-refractivity contribution in [1.29, 1.82) is 0 Å². The summed E-state index contributed by atoms with van der Waals surface area (Å²) in [4.78, 5) is 34.3. The number of amides is 2. The van der Waals surface area contributed by atoms with E-state index < -0.39 is 6.04 Å². The third-order valence-electron chi connectivity index (χ3n) is 5.38. The SMILES string of the molecule is COc1ccccc1C(=O)NC(C(=O)N1CCN(Cc2cccnc2)CC1)C(C)C. The van der Waals surface area contributed by atoms with Crippen molar-refractivity contribution in [3.05, 3.63) is 59.9 Å². The third kappa shape index (κ3) is 5.36. The van der Waals surface area contributed by atoms with E-state index in [0.717, 1.165) is 19.6 Å². The van der Waals surface area contributed by atoms with Gasteiger partial charge in [0.25, 0.3) is 5.91 Å². The average Bonchev–Trinajstić information content (AvgIpc) is 2.78. The fourth-order valence-corrected chi connectivity index (χ4v) is 3.64. The van der Waals surface area contributed by atoms with Crippen LogP contribution in [0.15, 0.2) is 48.8 Å². The molecular weight excluding hydrogens is 380 g/mol. The summed E-state index contributed by atoms with van der Waals surface area (Å²) in [5, 5.41) is 2.92. The maximum absolute atomic E-state index is 13.2. The molecule has 0 aliphatic carbocycles. The molecule has 2 heterocycles. The van der Waals surface area contributed by atoms with Gasteiger partial charge in [0, 0.05) is 45.1 Å². The Kier molecular flexibility index (Phi) is 7.41. The van der Waals surface area contributed by atoms with E-state index in [4.69, 9.17) is 4.74 Å². The van der Waals surface area contributed by atoms with Gasteiger partial charge in [-0.3, -0.25) is 19.5 Å². The van der Waals surface area contributed by atoms with Crippen molar-refractivity contribution in [3.8, 4) is 5.75 Å². The summed E-state index contributed by atoms with van der Waals surface area (Å²) < 4.78 is 5.28. The number of ether oxygens (including phenoxy) is 1. The molecule has 160 valence electrons. The van der Waals surface area contributed by atoms with Gasteiger partial charge < -0.3 is 15.0 Å². The second kappa shape index (κ2) is 10.2.